The number of pyridine rings is 1. The maximum Gasteiger partial charge on any atom is 0.232 e. The summed E-state index contributed by atoms with van der Waals surface area (Å²) in [5.74, 6) is 0. The minimum atomic E-state index is -3.40. The molecule has 1 aromatic heterocycles. The Kier molecular flexibility index (Phi) is 4.07. The summed E-state index contributed by atoms with van der Waals surface area (Å²) in [5, 5.41) is 0.493. The SMILES string of the molecule is CS(=O)(=O)N(Cc1ccccn1)c1cccc(Cl)c1. The van der Waals surface area contributed by atoms with Crippen LogP contribution >= 0.6 is 11.6 Å². The fourth-order valence-electron chi connectivity index (χ4n) is 1.67. The van der Waals surface area contributed by atoms with Crippen molar-refractivity contribution in [2.45, 2.75) is 6.54 Å². The molecule has 0 saturated heterocycles. The molecule has 0 saturated carbocycles. The Labute approximate surface area is 117 Å². The highest BCUT2D eigenvalue weighted by atomic mass is 35.5. The normalized spacial score (nSPS) is 11.3. The summed E-state index contributed by atoms with van der Waals surface area (Å²) in [4.78, 5) is 4.14. The number of benzene rings is 1. The summed E-state index contributed by atoms with van der Waals surface area (Å²) < 4.78 is 25.1. The zero-order valence-electron chi connectivity index (χ0n) is 10.3. The molecule has 0 radical (unpaired) electrons. The number of halogens is 1. The van der Waals surface area contributed by atoms with Crippen LogP contribution < -0.4 is 4.31 Å². The van der Waals surface area contributed by atoms with Crippen molar-refractivity contribution in [2.24, 2.45) is 0 Å². The minimum Gasteiger partial charge on any atom is -0.264 e. The van der Waals surface area contributed by atoms with Crippen LogP contribution in [0.25, 0.3) is 0 Å². The van der Waals surface area contributed by atoms with E-state index in [2.05, 4.69) is 4.98 Å². The summed E-state index contributed by atoms with van der Waals surface area (Å²) in [7, 11) is -3.40. The van der Waals surface area contributed by atoms with Crippen LogP contribution in [0.2, 0.25) is 5.02 Å². The van der Waals surface area contributed by atoms with E-state index < -0.39 is 10.0 Å². The number of anilines is 1. The highest BCUT2D eigenvalue weighted by molar-refractivity contribution is 7.92. The predicted molar refractivity (Wildman–Crippen MR) is 76.7 cm³/mol. The van der Waals surface area contributed by atoms with Gasteiger partial charge in [-0.2, -0.15) is 0 Å². The van der Waals surface area contributed by atoms with Crippen molar-refractivity contribution in [3.63, 3.8) is 0 Å². The lowest BCUT2D eigenvalue weighted by Crippen LogP contribution is -2.29. The Balaban J connectivity index is 2.38. The van der Waals surface area contributed by atoms with Gasteiger partial charge < -0.3 is 0 Å². The maximum atomic E-state index is 11.9. The Morgan fingerprint density at radius 2 is 2.00 bits per heavy atom. The average molecular weight is 297 g/mol. The zero-order valence-corrected chi connectivity index (χ0v) is 11.9. The van der Waals surface area contributed by atoms with Gasteiger partial charge in [-0.25, -0.2) is 8.42 Å². The van der Waals surface area contributed by atoms with E-state index in [0.717, 1.165) is 6.26 Å². The van der Waals surface area contributed by atoms with Crippen molar-refractivity contribution in [3.8, 4) is 0 Å². The van der Waals surface area contributed by atoms with Crippen molar-refractivity contribution in [3.05, 3.63) is 59.4 Å². The number of aromatic nitrogens is 1. The molecule has 0 bridgehead atoms. The van der Waals surface area contributed by atoms with E-state index in [1.165, 1.54) is 4.31 Å². The van der Waals surface area contributed by atoms with Gasteiger partial charge in [0.2, 0.25) is 10.0 Å². The first kappa shape index (κ1) is 13.8. The highest BCUT2D eigenvalue weighted by Crippen LogP contribution is 2.23. The molecule has 0 unspecified atom stereocenters. The largest absolute Gasteiger partial charge is 0.264 e. The number of hydrogen-bond acceptors (Lipinski definition) is 3. The molecule has 0 aliphatic heterocycles. The van der Waals surface area contributed by atoms with Gasteiger partial charge in [-0.3, -0.25) is 9.29 Å². The molecular weight excluding hydrogens is 284 g/mol. The van der Waals surface area contributed by atoms with Gasteiger partial charge in [-0.15, -0.1) is 0 Å². The van der Waals surface area contributed by atoms with E-state index in [4.69, 9.17) is 11.6 Å². The van der Waals surface area contributed by atoms with Gasteiger partial charge in [0, 0.05) is 11.2 Å². The Bertz CT molecular complexity index is 659. The molecule has 0 atom stereocenters. The summed E-state index contributed by atoms with van der Waals surface area (Å²) in [6, 6.07) is 12.1. The third kappa shape index (κ3) is 3.68. The number of hydrogen-bond donors (Lipinski definition) is 0. The Morgan fingerprint density at radius 1 is 1.21 bits per heavy atom. The monoisotopic (exact) mass is 296 g/mol. The van der Waals surface area contributed by atoms with Crippen LogP contribution in [0, 0.1) is 0 Å². The summed E-state index contributed by atoms with van der Waals surface area (Å²) in [6.45, 7) is 0.181. The molecule has 100 valence electrons. The minimum absolute atomic E-state index is 0.181. The number of sulfonamides is 1. The van der Waals surface area contributed by atoms with Gasteiger partial charge in [0.1, 0.15) is 0 Å². The summed E-state index contributed by atoms with van der Waals surface area (Å²) >= 11 is 5.90. The van der Waals surface area contributed by atoms with E-state index in [0.29, 0.717) is 16.4 Å². The van der Waals surface area contributed by atoms with Crippen molar-refractivity contribution in [1.29, 1.82) is 0 Å². The third-order valence-electron chi connectivity index (χ3n) is 2.53. The van der Waals surface area contributed by atoms with Gasteiger partial charge in [0.25, 0.3) is 0 Å². The Hall–Kier alpha value is -1.59. The summed E-state index contributed by atoms with van der Waals surface area (Å²) in [6.07, 6.45) is 2.80. The van der Waals surface area contributed by atoms with Crippen LogP contribution in [0.15, 0.2) is 48.7 Å². The second-order valence-corrected chi connectivity index (χ2v) is 6.41. The lowest BCUT2D eigenvalue weighted by molar-refractivity contribution is 0.596. The molecule has 4 nitrogen and oxygen atoms in total. The fourth-order valence-corrected chi connectivity index (χ4v) is 2.72. The maximum absolute atomic E-state index is 11.9. The van der Waals surface area contributed by atoms with E-state index in [-0.39, 0.29) is 6.54 Å². The van der Waals surface area contributed by atoms with Crippen LogP contribution in [0.3, 0.4) is 0 Å². The number of nitrogens with zero attached hydrogens (tertiary/aromatic N) is 2. The van der Waals surface area contributed by atoms with Crippen LogP contribution in [0.4, 0.5) is 5.69 Å². The molecule has 1 aromatic carbocycles. The average Bonchev–Trinajstić information content (AvgIpc) is 2.36. The quantitative estimate of drug-likeness (QED) is 0.871. The lowest BCUT2D eigenvalue weighted by Gasteiger charge is -2.22. The van der Waals surface area contributed by atoms with Crippen LogP contribution in [-0.2, 0) is 16.6 Å². The summed E-state index contributed by atoms with van der Waals surface area (Å²) in [5.41, 5.74) is 1.20. The Morgan fingerprint density at radius 3 is 2.58 bits per heavy atom. The highest BCUT2D eigenvalue weighted by Gasteiger charge is 2.18. The first-order chi connectivity index (χ1) is 8.97. The molecule has 0 amide bonds. The van der Waals surface area contributed by atoms with E-state index in [1.807, 2.05) is 6.07 Å². The molecule has 19 heavy (non-hydrogen) atoms. The molecule has 0 aliphatic carbocycles. The second kappa shape index (κ2) is 5.59. The molecule has 0 fully saturated rings. The molecule has 6 heteroatoms. The standard InChI is InChI=1S/C13H13ClN2O2S/c1-19(17,18)16(10-12-6-2-3-8-15-12)13-7-4-5-11(14)9-13/h2-9H,10H2,1H3. The first-order valence-corrected chi connectivity index (χ1v) is 7.82. The van der Waals surface area contributed by atoms with E-state index in [1.54, 1.807) is 42.6 Å². The molecule has 0 aliphatic rings. The van der Waals surface area contributed by atoms with Crippen molar-refractivity contribution in [2.75, 3.05) is 10.6 Å². The van der Waals surface area contributed by atoms with Gasteiger partial charge in [-0.1, -0.05) is 23.7 Å². The van der Waals surface area contributed by atoms with Gasteiger partial charge in [-0.05, 0) is 30.3 Å². The van der Waals surface area contributed by atoms with E-state index in [9.17, 15) is 8.42 Å². The first-order valence-electron chi connectivity index (χ1n) is 5.60. The second-order valence-electron chi connectivity index (χ2n) is 4.07. The van der Waals surface area contributed by atoms with Crippen molar-refractivity contribution >= 4 is 27.3 Å². The third-order valence-corrected chi connectivity index (χ3v) is 3.90. The predicted octanol–water partition coefficient (Wildman–Crippen LogP) is 2.70. The molecule has 1 heterocycles. The zero-order chi connectivity index (χ0) is 13.9. The van der Waals surface area contributed by atoms with Gasteiger partial charge >= 0.3 is 0 Å². The van der Waals surface area contributed by atoms with Crippen molar-refractivity contribution in [1.82, 2.24) is 4.98 Å². The fraction of sp³-hybridized carbons (Fsp3) is 0.154. The van der Waals surface area contributed by atoms with Crippen molar-refractivity contribution < 1.29 is 8.42 Å². The smallest absolute Gasteiger partial charge is 0.232 e. The van der Waals surface area contributed by atoms with Crippen LogP contribution in [0.1, 0.15) is 5.69 Å². The molecule has 2 rings (SSSR count). The molecule has 0 spiro atoms. The number of rotatable bonds is 4. The lowest BCUT2D eigenvalue weighted by atomic mass is 10.3. The van der Waals surface area contributed by atoms with Crippen LogP contribution in [0.5, 0.6) is 0 Å². The topological polar surface area (TPSA) is 50.3 Å². The van der Waals surface area contributed by atoms with Crippen LogP contribution in [-0.4, -0.2) is 19.7 Å². The van der Waals surface area contributed by atoms with E-state index >= 15 is 0 Å². The van der Waals surface area contributed by atoms with Gasteiger partial charge in [0.15, 0.2) is 0 Å². The molecule has 0 N–H and O–H groups in total. The molecule has 2 aromatic rings. The van der Waals surface area contributed by atoms with Gasteiger partial charge in [0.05, 0.1) is 24.2 Å². The molecular formula is C13H13ClN2O2S.